The second kappa shape index (κ2) is 5.63. The lowest BCUT2D eigenvalue weighted by atomic mass is 10.0. The summed E-state index contributed by atoms with van der Waals surface area (Å²) in [6.07, 6.45) is 4.34. The highest BCUT2D eigenvalue weighted by atomic mass is 14.9. The second-order valence-electron chi connectivity index (χ2n) is 3.75. The third kappa shape index (κ3) is 3.36. The molecule has 1 rings (SSSR count). The van der Waals surface area contributed by atoms with Crippen LogP contribution in [0.5, 0.6) is 0 Å². The largest absolute Gasteiger partial charge is 0.385 e. The maximum Gasteiger partial charge on any atom is 0.0393 e. The van der Waals surface area contributed by atoms with Crippen LogP contribution < -0.4 is 5.32 Å². The van der Waals surface area contributed by atoms with Crippen molar-refractivity contribution in [3.8, 4) is 0 Å². The number of aromatic nitrogens is 1. The average molecular weight is 192 g/mol. The Hall–Kier alpha value is -1.05. The van der Waals surface area contributed by atoms with Crippen molar-refractivity contribution in [2.45, 2.75) is 33.6 Å². The van der Waals surface area contributed by atoms with E-state index in [-0.39, 0.29) is 0 Å². The molecule has 14 heavy (non-hydrogen) atoms. The smallest absolute Gasteiger partial charge is 0.0393 e. The Bertz CT molecular complexity index is 267. The van der Waals surface area contributed by atoms with Gasteiger partial charge in [-0.15, -0.1) is 0 Å². The number of hydrogen-bond acceptors (Lipinski definition) is 2. The first-order valence-electron chi connectivity index (χ1n) is 5.42. The van der Waals surface area contributed by atoms with Gasteiger partial charge in [-0.25, -0.2) is 0 Å². The minimum Gasteiger partial charge on any atom is -0.385 e. The van der Waals surface area contributed by atoms with Crippen LogP contribution in [0.1, 0.15) is 32.4 Å². The normalized spacial score (nSPS) is 10.6. The first-order valence-corrected chi connectivity index (χ1v) is 5.42. The molecule has 0 amide bonds. The van der Waals surface area contributed by atoms with E-state index in [2.05, 4.69) is 30.2 Å². The molecule has 1 aromatic heterocycles. The molecule has 0 aliphatic rings. The summed E-state index contributed by atoms with van der Waals surface area (Å²) in [5.41, 5.74) is 2.25. The fourth-order valence-corrected chi connectivity index (χ4v) is 1.50. The molecule has 0 unspecified atom stereocenters. The highest BCUT2D eigenvalue weighted by Crippen LogP contribution is 2.11. The second-order valence-corrected chi connectivity index (χ2v) is 3.75. The quantitative estimate of drug-likeness (QED) is 0.774. The van der Waals surface area contributed by atoms with Crippen LogP contribution in [0.3, 0.4) is 0 Å². The first-order chi connectivity index (χ1) is 6.76. The molecular formula is C12H20N2. The maximum atomic E-state index is 4.17. The summed E-state index contributed by atoms with van der Waals surface area (Å²) < 4.78 is 0. The molecule has 0 saturated carbocycles. The fourth-order valence-electron chi connectivity index (χ4n) is 1.50. The Labute approximate surface area is 86.8 Å². The molecule has 0 atom stereocenters. The Kier molecular flexibility index (Phi) is 4.44. The van der Waals surface area contributed by atoms with E-state index in [0.29, 0.717) is 0 Å². The van der Waals surface area contributed by atoms with E-state index in [1.165, 1.54) is 18.5 Å². The van der Waals surface area contributed by atoms with Crippen molar-refractivity contribution < 1.29 is 0 Å². The topological polar surface area (TPSA) is 24.9 Å². The van der Waals surface area contributed by atoms with Gasteiger partial charge >= 0.3 is 0 Å². The summed E-state index contributed by atoms with van der Waals surface area (Å²) in [5.74, 6) is 0.781. The van der Waals surface area contributed by atoms with E-state index in [1.807, 2.05) is 19.2 Å². The van der Waals surface area contributed by atoms with Crippen LogP contribution in [0, 0.1) is 12.8 Å². The van der Waals surface area contributed by atoms with Gasteiger partial charge in [0.15, 0.2) is 0 Å². The van der Waals surface area contributed by atoms with E-state index >= 15 is 0 Å². The highest BCUT2D eigenvalue weighted by Gasteiger charge is 2.02. The molecule has 0 bridgehead atoms. The average Bonchev–Trinajstić information content (AvgIpc) is 2.19. The van der Waals surface area contributed by atoms with Crippen molar-refractivity contribution in [2.24, 2.45) is 5.92 Å². The molecule has 0 aromatic carbocycles. The van der Waals surface area contributed by atoms with Gasteiger partial charge in [0.2, 0.25) is 0 Å². The predicted molar refractivity (Wildman–Crippen MR) is 61.5 cm³/mol. The lowest BCUT2D eigenvalue weighted by molar-refractivity contribution is 0.519. The van der Waals surface area contributed by atoms with Crippen molar-refractivity contribution in [2.75, 3.05) is 11.9 Å². The van der Waals surface area contributed by atoms with Gasteiger partial charge < -0.3 is 5.32 Å². The van der Waals surface area contributed by atoms with E-state index in [4.69, 9.17) is 0 Å². The standard InChI is InChI=1S/C12H20N2/c1-4-11(5-2)9-14-12-6-7-13-10(3)8-12/h6-8,11H,4-5,9H2,1-3H3,(H,13,14). The molecule has 2 heteroatoms. The summed E-state index contributed by atoms with van der Waals surface area (Å²) in [6.45, 7) is 7.57. The number of hydrogen-bond donors (Lipinski definition) is 1. The maximum absolute atomic E-state index is 4.17. The SMILES string of the molecule is CCC(CC)CNc1ccnc(C)c1. The molecule has 78 valence electrons. The predicted octanol–water partition coefficient (Wildman–Crippen LogP) is 3.24. The number of aryl methyl sites for hydroxylation is 1. The lowest BCUT2D eigenvalue weighted by Gasteiger charge is -2.14. The molecule has 1 N–H and O–H groups in total. The third-order valence-corrected chi connectivity index (χ3v) is 2.65. The van der Waals surface area contributed by atoms with Gasteiger partial charge in [0.1, 0.15) is 0 Å². The Morgan fingerprint density at radius 2 is 2.07 bits per heavy atom. The van der Waals surface area contributed by atoms with Gasteiger partial charge in [-0.1, -0.05) is 26.7 Å². The zero-order chi connectivity index (χ0) is 10.4. The summed E-state index contributed by atoms with van der Waals surface area (Å²) in [7, 11) is 0. The zero-order valence-corrected chi connectivity index (χ0v) is 9.38. The number of pyridine rings is 1. The number of nitrogens with one attached hydrogen (secondary N) is 1. The van der Waals surface area contributed by atoms with Crippen LogP contribution in [0.25, 0.3) is 0 Å². The molecular weight excluding hydrogens is 172 g/mol. The van der Waals surface area contributed by atoms with Gasteiger partial charge in [0.05, 0.1) is 0 Å². The number of anilines is 1. The zero-order valence-electron chi connectivity index (χ0n) is 9.38. The van der Waals surface area contributed by atoms with Gasteiger partial charge in [0.25, 0.3) is 0 Å². The van der Waals surface area contributed by atoms with Crippen molar-refractivity contribution in [1.82, 2.24) is 4.98 Å². The van der Waals surface area contributed by atoms with E-state index in [1.54, 1.807) is 0 Å². The molecule has 1 aromatic rings. The Balaban J connectivity index is 2.44. The number of nitrogens with zero attached hydrogens (tertiary/aromatic N) is 1. The third-order valence-electron chi connectivity index (χ3n) is 2.65. The summed E-state index contributed by atoms with van der Waals surface area (Å²) in [4.78, 5) is 4.17. The molecule has 0 spiro atoms. The van der Waals surface area contributed by atoms with Gasteiger partial charge in [-0.3, -0.25) is 4.98 Å². The molecule has 2 nitrogen and oxygen atoms in total. The van der Waals surface area contributed by atoms with E-state index in [9.17, 15) is 0 Å². The molecule has 0 aliphatic heterocycles. The van der Waals surface area contributed by atoms with Gasteiger partial charge in [-0.2, -0.15) is 0 Å². The van der Waals surface area contributed by atoms with Crippen LogP contribution in [-0.4, -0.2) is 11.5 Å². The summed E-state index contributed by atoms with van der Waals surface area (Å²) in [5, 5.41) is 3.45. The molecule has 1 heterocycles. The van der Waals surface area contributed by atoms with Crippen molar-refractivity contribution in [3.05, 3.63) is 24.0 Å². The molecule has 0 saturated heterocycles. The summed E-state index contributed by atoms with van der Waals surface area (Å²) >= 11 is 0. The Morgan fingerprint density at radius 3 is 2.64 bits per heavy atom. The van der Waals surface area contributed by atoms with Crippen LogP contribution >= 0.6 is 0 Å². The minimum atomic E-state index is 0.781. The number of rotatable bonds is 5. The monoisotopic (exact) mass is 192 g/mol. The lowest BCUT2D eigenvalue weighted by Crippen LogP contribution is -2.12. The van der Waals surface area contributed by atoms with Crippen LogP contribution in [0.15, 0.2) is 18.3 Å². The van der Waals surface area contributed by atoms with E-state index in [0.717, 1.165) is 18.2 Å². The van der Waals surface area contributed by atoms with Crippen molar-refractivity contribution >= 4 is 5.69 Å². The Morgan fingerprint density at radius 1 is 1.36 bits per heavy atom. The highest BCUT2D eigenvalue weighted by molar-refractivity contribution is 5.42. The molecule has 0 aliphatic carbocycles. The van der Waals surface area contributed by atoms with Crippen LogP contribution in [0.2, 0.25) is 0 Å². The molecule has 0 radical (unpaired) electrons. The fraction of sp³-hybridized carbons (Fsp3) is 0.583. The van der Waals surface area contributed by atoms with Gasteiger partial charge in [-0.05, 0) is 25.0 Å². The summed E-state index contributed by atoms with van der Waals surface area (Å²) in [6, 6.07) is 4.11. The van der Waals surface area contributed by atoms with Crippen LogP contribution in [0.4, 0.5) is 5.69 Å². The molecule has 0 fully saturated rings. The van der Waals surface area contributed by atoms with Crippen molar-refractivity contribution in [3.63, 3.8) is 0 Å². The van der Waals surface area contributed by atoms with E-state index < -0.39 is 0 Å². The van der Waals surface area contributed by atoms with Gasteiger partial charge in [0, 0.05) is 24.1 Å². The first kappa shape index (κ1) is 11.0. The minimum absolute atomic E-state index is 0.781. The van der Waals surface area contributed by atoms with Crippen molar-refractivity contribution in [1.29, 1.82) is 0 Å². The van der Waals surface area contributed by atoms with Crippen LogP contribution in [-0.2, 0) is 0 Å².